The van der Waals surface area contributed by atoms with Crippen molar-refractivity contribution < 1.29 is 33.0 Å². The van der Waals surface area contributed by atoms with E-state index in [2.05, 4.69) is 6.92 Å². The minimum atomic E-state index is -4.21. The van der Waals surface area contributed by atoms with Gasteiger partial charge in [0.1, 0.15) is 4.88 Å². The summed E-state index contributed by atoms with van der Waals surface area (Å²) in [6.07, 6.45) is 1.85. The molecule has 2 aromatic rings. The normalized spacial score (nSPS) is 14.9. The number of carbonyl (C=O) groups excluding carboxylic acids is 1. The summed E-state index contributed by atoms with van der Waals surface area (Å²) < 4.78 is 26.9. The molecule has 1 fully saturated rings. The van der Waals surface area contributed by atoms with Gasteiger partial charge in [0.25, 0.3) is 10.0 Å². The summed E-state index contributed by atoms with van der Waals surface area (Å²) >= 11 is 0.448. The molecule has 0 spiro atoms. The van der Waals surface area contributed by atoms with Gasteiger partial charge < -0.3 is 15.1 Å². The highest BCUT2D eigenvalue weighted by Crippen LogP contribution is 2.34. The van der Waals surface area contributed by atoms with E-state index in [0.717, 1.165) is 16.3 Å². The zero-order chi connectivity index (χ0) is 24.3. The largest absolute Gasteiger partial charge is 0.478 e. The second kappa shape index (κ2) is 10.0. The van der Waals surface area contributed by atoms with Gasteiger partial charge in [-0.3, -0.25) is 4.79 Å². The van der Waals surface area contributed by atoms with Crippen LogP contribution < -0.4 is 0 Å². The van der Waals surface area contributed by atoms with Crippen molar-refractivity contribution in [3.8, 4) is 0 Å². The van der Waals surface area contributed by atoms with Gasteiger partial charge in [-0.25, -0.2) is 18.0 Å². The number of aromatic carboxylic acids is 2. The lowest BCUT2D eigenvalue weighted by Crippen LogP contribution is -2.50. The lowest BCUT2D eigenvalue weighted by Gasteiger charge is -2.34. The Labute approximate surface area is 196 Å². The van der Waals surface area contributed by atoms with Crippen molar-refractivity contribution in [2.24, 2.45) is 0 Å². The molecular formula is C22H26N2O7S2. The molecule has 178 valence electrons. The lowest BCUT2D eigenvalue weighted by atomic mass is 10.1. The van der Waals surface area contributed by atoms with Crippen molar-refractivity contribution in [2.75, 3.05) is 26.2 Å². The molecule has 1 aliphatic rings. The molecule has 1 aliphatic heterocycles. The fraction of sp³-hybridized carbons (Fsp3) is 0.409. The van der Waals surface area contributed by atoms with Crippen LogP contribution in [-0.2, 0) is 27.7 Å². The number of carboxylic acids is 2. The van der Waals surface area contributed by atoms with E-state index in [0.29, 0.717) is 24.2 Å². The number of hydrogen-bond donors (Lipinski definition) is 2. The molecule has 0 bridgehead atoms. The molecule has 3 rings (SSSR count). The molecule has 2 N–H and O–H groups in total. The maximum Gasteiger partial charge on any atom is 0.346 e. The van der Waals surface area contributed by atoms with Crippen LogP contribution in [0.4, 0.5) is 0 Å². The van der Waals surface area contributed by atoms with Gasteiger partial charge in [-0.2, -0.15) is 4.31 Å². The van der Waals surface area contributed by atoms with Crippen molar-refractivity contribution in [2.45, 2.75) is 37.3 Å². The van der Waals surface area contributed by atoms with Crippen LogP contribution in [0.5, 0.6) is 0 Å². The molecule has 2 heterocycles. The first-order valence-electron chi connectivity index (χ1n) is 10.5. The highest BCUT2D eigenvalue weighted by molar-refractivity contribution is 7.91. The van der Waals surface area contributed by atoms with E-state index < -0.39 is 31.7 Å². The molecule has 11 heteroatoms. The van der Waals surface area contributed by atoms with Crippen molar-refractivity contribution in [1.82, 2.24) is 9.21 Å². The van der Waals surface area contributed by atoms with E-state index in [9.17, 15) is 33.0 Å². The Morgan fingerprint density at radius 2 is 1.55 bits per heavy atom. The summed E-state index contributed by atoms with van der Waals surface area (Å²) in [4.78, 5) is 36.9. The number of carboxylic acid groups (broad SMARTS) is 2. The average Bonchev–Trinajstić information content (AvgIpc) is 3.16. The predicted octanol–water partition coefficient (Wildman–Crippen LogP) is 2.48. The van der Waals surface area contributed by atoms with Crippen molar-refractivity contribution in [3.63, 3.8) is 0 Å². The second-order valence-corrected chi connectivity index (χ2v) is 10.9. The number of amides is 1. The van der Waals surface area contributed by atoms with Crippen molar-refractivity contribution in [3.05, 3.63) is 51.4 Å². The molecule has 0 saturated carbocycles. The van der Waals surface area contributed by atoms with Gasteiger partial charge in [-0.05, 0) is 36.5 Å². The fourth-order valence-electron chi connectivity index (χ4n) is 3.77. The van der Waals surface area contributed by atoms with Crippen molar-refractivity contribution >= 4 is 39.2 Å². The van der Waals surface area contributed by atoms with Crippen LogP contribution in [0.15, 0.2) is 28.5 Å². The Bertz CT molecular complexity index is 1160. The lowest BCUT2D eigenvalue weighted by molar-refractivity contribution is -0.132. The number of hydrogen-bond acceptors (Lipinski definition) is 6. The van der Waals surface area contributed by atoms with E-state index >= 15 is 0 Å². The third-order valence-electron chi connectivity index (χ3n) is 5.75. The summed E-state index contributed by atoms with van der Waals surface area (Å²) in [6, 6.07) is 8.09. The van der Waals surface area contributed by atoms with Crippen LogP contribution in [0.25, 0.3) is 0 Å². The van der Waals surface area contributed by atoms with E-state index in [1.165, 1.54) is 12.5 Å². The molecule has 1 saturated heterocycles. The van der Waals surface area contributed by atoms with Gasteiger partial charge in [0.2, 0.25) is 5.91 Å². The number of rotatable bonds is 8. The number of benzene rings is 1. The highest BCUT2D eigenvalue weighted by atomic mass is 32.2. The monoisotopic (exact) mass is 494 g/mol. The molecule has 0 aliphatic carbocycles. The zero-order valence-corrected chi connectivity index (χ0v) is 20.0. The number of aryl methyl sites for hydroxylation is 2. The Kier molecular flexibility index (Phi) is 7.55. The van der Waals surface area contributed by atoms with Gasteiger partial charge in [-0.1, -0.05) is 31.2 Å². The molecule has 0 atom stereocenters. The molecule has 0 unspecified atom stereocenters. The maximum atomic E-state index is 13.1. The van der Waals surface area contributed by atoms with Gasteiger partial charge in [0.15, 0.2) is 4.21 Å². The molecule has 1 amide bonds. The minimum Gasteiger partial charge on any atom is -0.478 e. The maximum absolute atomic E-state index is 13.1. The van der Waals surface area contributed by atoms with Crippen LogP contribution >= 0.6 is 11.3 Å². The number of nitrogens with zero attached hydrogens (tertiary/aromatic N) is 2. The van der Waals surface area contributed by atoms with Gasteiger partial charge in [0.05, 0.1) is 5.56 Å². The summed E-state index contributed by atoms with van der Waals surface area (Å²) in [5, 5.41) is 18.8. The molecule has 33 heavy (non-hydrogen) atoms. The molecular weight excluding hydrogens is 468 g/mol. The first kappa shape index (κ1) is 24.9. The first-order chi connectivity index (χ1) is 15.6. The van der Waals surface area contributed by atoms with E-state index in [1.54, 1.807) is 4.90 Å². The molecule has 9 nitrogen and oxygen atoms in total. The van der Waals surface area contributed by atoms with Crippen LogP contribution in [0.1, 0.15) is 50.1 Å². The fourth-order valence-corrected chi connectivity index (χ4v) is 7.00. The Morgan fingerprint density at radius 3 is 2.06 bits per heavy atom. The highest BCUT2D eigenvalue weighted by Gasteiger charge is 2.37. The van der Waals surface area contributed by atoms with Crippen LogP contribution in [0.3, 0.4) is 0 Å². The van der Waals surface area contributed by atoms with Crippen LogP contribution in [0.2, 0.25) is 0 Å². The van der Waals surface area contributed by atoms with Crippen molar-refractivity contribution in [1.29, 1.82) is 0 Å². The molecule has 1 aromatic carbocycles. The Balaban J connectivity index is 1.66. The standard InChI is InChI=1S/C22H26N2O7S2/c1-3-15-4-6-16(7-5-15)8-9-17(25)23-10-12-24(13-11-23)33(30,31)22-18(20(26)27)14(2)19(32-22)21(28)29/h4-7H,3,8-13H2,1-2H3,(H,26,27)(H,28,29). The second-order valence-electron chi connectivity index (χ2n) is 7.78. The number of thiophene rings is 1. The summed E-state index contributed by atoms with van der Waals surface area (Å²) in [5.41, 5.74) is 1.69. The number of sulfonamides is 1. The van der Waals surface area contributed by atoms with E-state index in [-0.39, 0.29) is 42.5 Å². The van der Waals surface area contributed by atoms with Crippen LogP contribution in [0, 0.1) is 6.92 Å². The smallest absolute Gasteiger partial charge is 0.346 e. The first-order valence-corrected chi connectivity index (χ1v) is 12.8. The molecule has 0 radical (unpaired) electrons. The summed E-state index contributed by atoms with van der Waals surface area (Å²) in [5.74, 6) is -2.94. The van der Waals surface area contributed by atoms with E-state index in [1.807, 2.05) is 24.3 Å². The predicted molar refractivity (Wildman–Crippen MR) is 122 cm³/mol. The number of piperazine rings is 1. The van der Waals surface area contributed by atoms with Crippen LogP contribution in [-0.4, -0.2) is 71.9 Å². The number of carbonyl (C=O) groups is 3. The molecule has 1 aromatic heterocycles. The zero-order valence-electron chi connectivity index (χ0n) is 18.4. The van der Waals surface area contributed by atoms with Gasteiger partial charge in [-0.15, -0.1) is 11.3 Å². The third kappa shape index (κ3) is 5.26. The summed E-state index contributed by atoms with van der Waals surface area (Å²) in [6.45, 7) is 3.76. The summed E-state index contributed by atoms with van der Waals surface area (Å²) in [7, 11) is -4.21. The van der Waals surface area contributed by atoms with Gasteiger partial charge in [0, 0.05) is 32.6 Å². The quantitative estimate of drug-likeness (QED) is 0.576. The third-order valence-corrected chi connectivity index (χ3v) is 9.42. The Morgan fingerprint density at radius 1 is 0.970 bits per heavy atom. The Hall–Kier alpha value is -2.76. The van der Waals surface area contributed by atoms with Gasteiger partial charge >= 0.3 is 11.9 Å². The minimum absolute atomic E-state index is 0.0116. The topological polar surface area (TPSA) is 132 Å². The average molecular weight is 495 g/mol. The SMILES string of the molecule is CCc1ccc(CCC(=O)N2CCN(S(=O)(=O)c3sc(C(=O)O)c(C)c3C(=O)O)CC2)cc1. The van der Waals surface area contributed by atoms with E-state index in [4.69, 9.17) is 0 Å².